The van der Waals surface area contributed by atoms with Crippen molar-refractivity contribution in [3.63, 3.8) is 0 Å². The van der Waals surface area contributed by atoms with Gasteiger partial charge in [-0.3, -0.25) is 4.89 Å². The van der Waals surface area contributed by atoms with Crippen molar-refractivity contribution in [3.8, 4) is 0 Å². The van der Waals surface area contributed by atoms with Crippen LogP contribution in [0.1, 0.15) is 31.1 Å². The summed E-state index contributed by atoms with van der Waals surface area (Å²) in [6, 6.07) is 22.4. The molecular formula is C23H25N3O3. The Balaban J connectivity index is 1.90. The summed E-state index contributed by atoms with van der Waals surface area (Å²) in [5.74, 6) is -0.580. The fourth-order valence-corrected chi connectivity index (χ4v) is 2.55. The number of nitrogen functional groups attached to an aromatic ring is 1. The Kier molecular flexibility index (Phi) is 6.04. The molecule has 0 heterocycles. The number of benzene rings is 3. The minimum Gasteiger partial charge on any atom is -0.397 e. The Bertz CT molecular complexity index is 982. The second kappa shape index (κ2) is 8.67. The van der Waals surface area contributed by atoms with Gasteiger partial charge in [-0.05, 0) is 63.2 Å². The van der Waals surface area contributed by atoms with Gasteiger partial charge in [0.1, 0.15) is 5.60 Å². The molecular weight excluding hydrogens is 366 g/mol. The van der Waals surface area contributed by atoms with Gasteiger partial charge in [-0.15, -0.1) is 0 Å². The number of carbonyl (C=O) groups is 1. The first-order valence-electron chi connectivity index (χ1n) is 9.29. The maximum absolute atomic E-state index is 12.6. The Morgan fingerprint density at radius 2 is 1.48 bits per heavy atom. The molecule has 0 atom stereocenters. The summed E-state index contributed by atoms with van der Waals surface area (Å²) in [6.07, 6.45) is 0. The van der Waals surface area contributed by atoms with E-state index in [1.807, 2.05) is 60.7 Å². The molecule has 4 N–H and O–H groups in total. The van der Waals surface area contributed by atoms with Crippen LogP contribution >= 0.6 is 0 Å². The van der Waals surface area contributed by atoms with E-state index in [9.17, 15) is 4.79 Å². The maximum Gasteiger partial charge on any atom is 0.375 e. The third-order valence-corrected chi connectivity index (χ3v) is 3.90. The van der Waals surface area contributed by atoms with Gasteiger partial charge in [0.2, 0.25) is 0 Å². The van der Waals surface area contributed by atoms with E-state index in [0.717, 1.165) is 17.1 Å². The number of anilines is 5. The second-order valence-corrected chi connectivity index (χ2v) is 7.53. The molecule has 0 aliphatic carbocycles. The van der Waals surface area contributed by atoms with Crippen molar-refractivity contribution < 1.29 is 14.6 Å². The SMILES string of the molecule is CC(C)(C)OOC(=O)c1ccc(Nc2ccccc2N)cc1Nc1ccccc1. The largest absolute Gasteiger partial charge is 0.397 e. The van der Waals surface area contributed by atoms with Crippen molar-refractivity contribution in [2.24, 2.45) is 0 Å². The van der Waals surface area contributed by atoms with Gasteiger partial charge in [0.05, 0.1) is 22.6 Å². The number of para-hydroxylation sites is 3. The highest BCUT2D eigenvalue weighted by Crippen LogP contribution is 2.29. The summed E-state index contributed by atoms with van der Waals surface area (Å²) in [5.41, 5.74) is 9.38. The van der Waals surface area contributed by atoms with Crippen molar-refractivity contribution in [1.82, 2.24) is 0 Å². The molecule has 29 heavy (non-hydrogen) atoms. The topological polar surface area (TPSA) is 85.6 Å². The fourth-order valence-electron chi connectivity index (χ4n) is 2.55. The zero-order valence-electron chi connectivity index (χ0n) is 16.7. The standard InChI is InChI=1S/C23H25N3O3/c1-23(2,3)29-28-22(27)18-14-13-17(26-20-12-8-7-11-19(20)24)15-21(18)25-16-9-5-4-6-10-16/h4-15,25-26H,24H2,1-3H3. The van der Waals surface area contributed by atoms with Crippen LogP contribution in [0.15, 0.2) is 72.8 Å². The summed E-state index contributed by atoms with van der Waals surface area (Å²) < 4.78 is 0. The van der Waals surface area contributed by atoms with E-state index >= 15 is 0 Å². The van der Waals surface area contributed by atoms with Crippen molar-refractivity contribution in [2.45, 2.75) is 26.4 Å². The first kappa shape index (κ1) is 20.2. The molecule has 0 bridgehead atoms. The van der Waals surface area contributed by atoms with Gasteiger partial charge in [0.15, 0.2) is 0 Å². The Labute approximate surface area is 170 Å². The van der Waals surface area contributed by atoms with E-state index in [0.29, 0.717) is 16.9 Å². The molecule has 0 saturated carbocycles. The lowest BCUT2D eigenvalue weighted by molar-refractivity contribution is -0.301. The molecule has 0 aliphatic rings. The summed E-state index contributed by atoms with van der Waals surface area (Å²) in [4.78, 5) is 22.8. The zero-order valence-corrected chi connectivity index (χ0v) is 16.7. The Hall–Kier alpha value is -3.51. The maximum atomic E-state index is 12.6. The molecule has 0 aromatic heterocycles. The predicted octanol–water partition coefficient (Wildman–Crippen LogP) is 5.64. The molecule has 0 amide bonds. The molecule has 0 spiro atoms. The number of hydrogen-bond acceptors (Lipinski definition) is 6. The molecule has 6 nitrogen and oxygen atoms in total. The van der Waals surface area contributed by atoms with E-state index in [1.54, 1.807) is 32.9 Å². The lowest BCUT2D eigenvalue weighted by Crippen LogP contribution is -2.22. The average molecular weight is 391 g/mol. The van der Waals surface area contributed by atoms with E-state index in [-0.39, 0.29) is 0 Å². The number of nitrogens with one attached hydrogen (secondary N) is 2. The second-order valence-electron chi connectivity index (χ2n) is 7.53. The summed E-state index contributed by atoms with van der Waals surface area (Å²) in [6.45, 7) is 5.42. The lowest BCUT2D eigenvalue weighted by Gasteiger charge is -2.18. The molecule has 150 valence electrons. The molecule has 3 aromatic carbocycles. The molecule has 3 rings (SSSR count). The van der Waals surface area contributed by atoms with Crippen LogP contribution in [0.5, 0.6) is 0 Å². The van der Waals surface area contributed by atoms with Crippen molar-refractivity contribution >= 4 is 34.4 Å². The summed E-state index contributed by atoms with van der Waals surface area (Å²) in [5, 5.41) is 6.54. The van der Waals surface area contributed by atoms with Gasteiger partial charge in [0.25, 0.3) is 0 Å². The number of nitrogens with two attached hydrogens (primary N) is 1. The van der Waals surface area contributed by atoms with Crippen molar-refractivity contribution in [3.05, 3.63) is 78.4 Å². The van der Waals surface area contributed by atoms with Gasteiger partial charge in [-0.2, -0.15) is 4.89 Å². The predicted molar refractivity (Wildman–Crippen MR) is 117 cm³/mol. The summed E-state index contributed by atoms with van der Waals surface area (Å²) in [7, 11) is 0. The summed E-state index contributed by atoms with van der Waals surface area (Å²) >= 11 is 0. The molecule has 0 fully saturated rings. The Morgan fingerprint density at radius 3 is 2.17 bits per heavy atom. The minimum absolute atomic E-state index is 0.352. The molecule has 6 heteroatoms. The normalized spacial score (nSPS) is 11.0. The fraction of sp³-hybridized carbons (Fsp3) is 0.174. The van der Waals surface area contributed by atoms with Crippen LogP contribution < -0.4 is 16.4 Å². The number of carbonyl (C=O) groups excluding carboxylic acids is 1. The molecule has 3 aromatic rings. The van der Waals surface area contributed by atoms with Gasteiger partial charge < -0.3 is 16.4 Å². The first-order chi connectivity index (χ1) is 13.8. The third kappa shape index (κ3) is 5.73. The van der Waals surface area contributed by atoms with Gasteiger partial charge in [0, 0.05) is 11.4 Å². The highest BCUT2D eigenvalue weighted by Gasteiger charge is 2.20. The highest BCUT2D eigenvalue weighted by atomic mass is 17.2. The van der Waals surface area contributed by atoms with Crippen LogP contribution in [0.25, 0.3) is 0 Å². The van der Waals surface area contributed by atoms with Crippen molar-refractivity contribution in [2.75, 3.05) is 16.4 Å². The molecule has 0 unspecified atom stereocenters. The monoisotopic (exact) mass is 391 g/mol. The van der Waals surface area contributed by atoms with Crippen molar-refractivity contribution in [1.29, 1.82) is 0 Å². The van der Waals surface area contributed by atoms with E-state index in [4.69, 9.17) is 15.5 Å². The molecule has 0 radical (unpaired) electrons. The number of hydrogen-bond donors (Lipinski definition) is 3. The zero-order chi connectivity index (χ0) is 20.9. The van der Waals surface area contributed by atoms with Crippen LogP contribution in [0.2, 0.25) is 0 Å². The average Bonchev–Trinajstić information content (AvgIpc) is 2.68. The van der Waals surface area contributed by atoms with Crippen LogP contribution in [-0.4, -0.2) is 11.6 Å². The number of rotatable bonds is 6. The minimum atomic E-state index is -0.602. The van der Waals surface area contributed by atoms with Crippen LogP contribution in [0.4, 0.5) is 28.4 Å². The van der Waals surface area contributed by atoms with E-state index in [2.05, 4.69) is 10.6 Å². The molecule has 0 saturated heterocycles. The van der Waals surface area contributed by atoms with E-state index in [1.165, 1.54) is 0 Å². The third-order valence-electron chi connectivity index (χ3n) is 3.90. The van der Waals surface area contributed by atoms with Gasteiger partial charge in [-0.25, -0.2) is 4.79 Å². The highest BCUT2D eigenvalue weighted by molar-refractivity contribution is 5.97. The smallest absolute Gasteiger partial charge is 0.375 e. The molecule has 0 aliphatic heterocycles. The quantitative estimate of drug-likeness (QED) is 0.286. The van der Waals surface area contributed by atoms with Gasteiger partial charge in [-0.1, -0.05) is 30.3 Å². The lowest BCUT2D eigenvalue weighted by atomic mass is 10.1. The van der Waals surface area contributed by atoms with E-state index < -0.39 is 11.6 Å². The Morgan fingerprint density at radius 1 is 0.828 bits per heavy atom. The van der Waals surface area contributed by atoms with Crippen LogP contribution in [-0.2, 0) is 9.78 Å². The van der Waals surface area contributed by atoms with Crippen LogP contribution in [0, 0.1) is 0 Å². The van der Waals surface area contributed by atoms with Crippen LogP contribution in [0.3, 0.4) is 0 Å². The first-order valence-corrected chi connectivity index (χ1v) is 9.29. The van der Waals surface area contributed by atoms with Gasteiger partial charge >= 0.3 is 5.97 Å².